The Labute approximate surface area is 217 Å². The van der Waals surface area contributed by atoms with Gasteiger partial charge in [0, 0.05) is 25.8 Å². The summed E-state index contributed by atoms with van der Waals surface area (Å²) in [6.07, 6.45) is 1.05. The van der Waals surface area contributed by atoms with Crippen LogP contribution in [0.25, 0.3) is 0 Å². The normalized spacial score (nSPS) is 11.8. The topological polar surface area (TPSA) is 68.7 Å². The van der Waals surface area contributed by atoms with E-state index in [4.69, 9.17) is 24.9 Å². The molecule has 0 bridgehead atoms. The van der Waals surface area contributed by atoms with E-state index in [1.165, 1.54) is 5.56 Å². The SMILES string of the molecule is Cc1ccc(C(C)C)cc1OCC(O)CN(Cc1ccccn1)Cc1ccccc1[O-].[Cl][Fe+][Cl]. The summed E-state index contributed by atoms with van der Waals surface area (Å²) in [5.74, 6) is 1.21. The van der Waals surface area contributed by atoms with Crippen LogP contribution in [0.3, 0.4) is 0 Å². The van der Waals surface area contributed by atoms with Crippen LogP contribution in [0, 0.1) is 6.92 Å². The first-order chi connectivity index (χ1) is 16.3. The fourth-order valence-corrected chi connectivity index (χ4v) is 3.45. The van der Waals surface area contributed by atoms with Crippen LogP contribution in [0.5, 0.6) is 11.5 Å². The van der Waals surface area contributed by atoms with Crippen molar-refractivity contribution in [1.29, 1.82) is 0 Å². The summed E-state index contributed by atoms with van der Waals surface area (Å²) in [4.78, 5) is 6.42. The summed E-state index contributed by atoms with van der Waals surface area (Å²) < 4.78 is 5.96. The molecule has 0 aliphatic carbocycles. The Morgan fingerprint density at radius 1 is 1.06 bits per heavy atom. The van der Waals surface area contributed by atoms with Gasteiger partial charge >= 0.3 is 33.3 Å². The van der Waals surface area contributed by atoms with Crippen molar-refractivity contribution in [3.63, 3.8) is 0 Å². The van der Waals surface area contributed by atoms with Gasteiger partial charge in [-0.2, -0.15) is 0 Å². The third kappa shape index (κ3) is 9.83. The molecule has 3 aromatic rings. The second kappa shape index (κ2) is 15.3. The van der Waals surface area contributed by atoms with Gasteiger partial charge in [0.25, 0.3) is 0 Å². The summed E-state index contributed by atoms with van der Waals surface area (Å²) in [5.41, 5.74) is 3.84. The first kappa shape index (κ1) is 28.4. The number of aliphatic hydroxyl groups excluding tert-OH is 1. The van der Waals surface area contributed by atoms with E-state index < -0.39 is 6.10 Å². The van der Waals surface area contributed by atoms with Crippen LogP contribution in [0.15, 0.2) is 66.9 Å². The third-order valence-electron chi connectivity index (χ3n) is 5.26. The number of ether oxygens (including phenoxy) is 1. The first-order valence-electron chi connectivity index (χ1n) is 11.0. The van der Waals surface area contributed by atoms with Crippen molar-refractivity contribution in [2.24, 2.45) is 0 Å². The Bertz CT molecular complexity index is 993. The molecule has 8 heteroatoms. The predicted molar refractivity (Wildman–Crippen MR) is 133 cm³/mol. The molecule has 1 N–H and O–H groups in total. The summed E-state index contributed by atoms with van der Waals surface area (Å²) >= 11 is 0.194. The van der Waals surface area contributed by atoms with E-state index in [1.807, 2.05) is 48.2 Å². The minimum atomic E-state index is -0.704. The zero-order valence-electron chi connectivity index (χ0n) is 19.6. The molecular weight excluding hydrogens is 515 g/mol. The molecule has 1 unspecified atom stereocenters. The maximum atomic E-state index is 12.2. The third-order valence-corrected chi connectivity index (χ3v) is 5.26. The van der Waals surface area contributed by atoms with Gasteiger partial charge < -0.3 is 14.9 Å². The number of hydrogen-bond acceptors (Lipinski definition) is 5. The van der Waals surface area contributed by atoms with Crippen LogP contribution >= 0.6 is 20.2 Å². The number of rotatable bonds is 10. The fourth-order valence-electron chi connectivity index (χ4n) is 3.45. The Balaban J connectivity index is 0.00000129. The molecule has 2 aromatic carbocycles. The van der Waals surface area contributed by atoms with Crippen molar-refractivity contribution < 1.29 is 28.1 Å². The zero-order valence-corrected chi connectivity index (χ0v) is 22.2. The van der Waals surface area contributed by atoms with Gasteiger partial charge in [0.05, 0.1) is 5.69 Å². The molecule has 1 aromatic heterocycles. The van der Waals surface area contributed by atoms with Gasteiger partial charge in [0.15, 0.2) is 0 Å². The molecular formula is C26H31Cl2FeN2O3. The number of aromatic nitrogens is 1. The van der Waals surface area contributed by atoms with Crippen LogP contribution in [0.2, 0.25) is 0 Å². The standard InChI is InChI=1S/C26H32N2O3.2ClH.Fe/c1-19(2)21-12-11-20(3)26(14-21)31-18-24(29)17-28(16-23-9-6-7-13-27-23)15-22-8-4-5-10-25(22)30;;;/h4-14,19,24,29-30H,15-18H2,1-3H3;2*1H;/q;;;+3/p-3. The second-order valence-corrected chi connectivity index (χ2v) is 10.1. The molecule has 34 heavy (non-hydrogen) atoms. The van der Waals surface area contributed by atoms with Crippen molar-refractivity contribution in [2.45, 2.75) is 45.9 Å². The van der Waals surface area contributed by atoms with E-state index in [0.717, 1.165) is 17.0 Å². The zero-order chi connectivity index (χ0) is 24.9. The molecule has 0 saturated carbocycles. The molecule has 0 amide bonds. The summed E-state index contributed by atoms with van der Waals surface area (Å²) in [6, 6.07) is 19.0. The number of benzene rings is 2. The van der Waals surface area contributed by atoms with Crippen LogP contribution in [-0.2, 0) is 26.2 Å². The number of nitrogens with zero attached hydrogens (tertiary/aromatic N) is 2. The molecule has 185 valence electrons. The number of para-hydroxylation sites is 1. The maximum absolute atomic E-state index is 12.2. The number of halogens is 2. The molecule has 1 atom stereocenters. The van der Waals surface area contributed by atoms with Crippen molar-refractivity contribution in [3.8, 4) is 11.5 Å². The Morgan fingerprint density at radius 3 is 2.41 bits per heavy atom. The number of aliphatic hydroxyl groups is 1. The van der Waals surface area contributed by atoms with Crippen LogP contribution in [-0.4, -0.2) is 34.2 Å². The van der Waals surface area contributed by atoms with Gasteiger partial charge in [-0.3, -0.25) is 9.88 Å². The minimum absolute atomic E-state index is 0.000357. The first-order valence-corrected chi connectivity index (χ1v) is 14.0. The number of hydrogen-bond donors (Lipinski definition) is 1. The van der Waals surface area contributed by atoms with Crippen LogP contribution < -0.4 is 9.84 Å². The van der Waals surface area contributed by atoms with Crippen molar-refractivity contribution in [2.75, 3.05) is 13.2 Å². The average Bonchev–Trinajstić information content (AvgIpc) is 2.81. The molecule has 0 spiro atoms. The Hall–Kier alpha value is -1.79. The second-order valence-electron chi connectivity index (χ2n) is 8.29. The Kier molecular flexibility index (Phi) is 12.8. The molecule has 3 rings (SSSR count). The number of pyridine rings is 1. The van der Waals surface area contributed by atoms with E-state index in [2.05, 4.69) is 31.0 Å². The quantitative estimate of drug-likeness (QED) is 0.345. The van der Waals surface area contributed by atoms with E-state index in [-0.39, 0.29) is 25.5 Å². The molecule has 0 fully saturated rings. The molecule has 0 aliphatic heterocycles. The van der Waals surface area contributed by atoms with E-state index >= 15 is 0 Å². The van der Waals surface area contributed by atoms with E-state index in [9.17, 15) is 10.2 Å². The van der Waals surface area contributed by atoms with Gasteiger partial charge in [0.2, 0.25) is 0 Å². The molecule has 0 aliphatic rings. The van der Waals surface area contributed by atoms with Gasteiger partial charge in [-0.1, -0.05) is 56.3 Å². The fraction of sp³-hybridized carbons (Fsp3) is 0.346. The van der Waals surface area contributed by atoms with E-state index in [1.54, 1.807) is 18.3 Å². The summed E-state index contributed by atoms with van der Waals surface area (Å²) in [7, 11) is 9.53. The van der Waals surface area contributed by atoms with Crippen LogP contribution in [0.1, 0.15) is 42.1 Å². The predicted octanol–water partition coefficient (Wildman–Crippen LogP) is 5.41. The Morgan fingerprint density at radius 2 is 1.76 bits per heavy atom. The monoisotopic (exact) mass is 545 g/mol. The van der Waals surface area contributed by atoms with Crippen molar-refractivity contribution in [1.82, 2.24) is 9.88 Å². The van der Waals surface area contributed by atoms with E-state index in [0.29, 0.717) is 31.1 Å². The van der Waals surface area contributed by atoms with Gasteiger partial charge in [-0.05, 0) is 47.7 Å². The molecule has 5 nitrogen and oxygen atoms in total. The molecule has 0 radical (unpaired) electrons. The van der Waals surface area contributed by atoms with Gasteiger partial charge in [-0.25, -0.2) is 0 Å². The average molecular weight is 546 g/mol. The molecule has 1 heterocycles. The van der Waals surface area contributed by atoms with Gasteiger partial charge in [0.1, 0.15) is 18.5 Å². The number of aryl methyl sites for hydroxylation is 1. The van der Waals surface area contributed by atoms with Crippen molar-refractivity contribution in [3.05, 3.63) is 89.2 Å². The van der Waals surface area contributed by atoms with Crippen LogP contribution in [0.4, 0.5) is 0 Å². The van der Waals surface area contributed by atoms with Crippen molar-refractivity contribution >= 4 is 20.2 Å². The summed E-state index contributed by atoms with van der Waals surface area (Å²) in [5, 5.41) is 22.9. The van der Waals surface area contributed by atoms with Gasteiger partial charge in [-0.15, -0.1) is 5.75 Å². The molecule has 0 saturated heterocycles. The summed E-state index contributed by atoms with van der Waals surface area (Å²) in [6.45, 7) is 7.82.